The van der Waals surface area contributed by atoms with Gasteiger partial charge in [0.05, 0.1) is 7.11 Å². The normalized spacial score (nSPS) is 16.5. The third-order valence-electron chi connectivity index (χ3n) is 2.87. The third-order valence-corrected chi connectivity index (χ3v) is 2.87. The van der Waals surface area contributed by atoms with Crippen LogP contribution in [0.15, 0.2) is 34.1 Å². The van der Waals surface area contributed by atoms with Crippen LogP contribution in [0.5, 0.6) is 0 Å². The van der Waals surface area contributed by atoms with Crippen LogP contribution in [0, 0.1) is 0 Å². The molecular weight excluding hydrogens is 216 g/mol. The second kappa shape index (κ2) is 5.13. The summed E-state index contributed by atoms with van der Waals surface area (Å²) in [5.74, 6) is -0.0871. The van der Waals surface area contributed by atoms with Gasteiger partial charge < -0.3 is 4.74 Å². The smallest absolute Gasteiger partial charge is 0.224 e. The van der Waals surface area contributed by atoms with E-state index in [4.69, 9.17) is 4.74 Å². The first-order chi connectivity index (χ1) is 7.90. The summed E-state index contributed by atoms with van der Waals surface area (Å²) in [6, 6.07) is 0. The molecule has 1 aliphatic rings. The van der Waals surface area contributed by atoms with E-state index in [1.807, 2.05) is 19.9 Å². The second-order valence-electron chi connectivity index (χ2n) is 4.41. The van der Waals surface area contributed by atoms with E-state index in [1.54, 1.807) is 13.8 Å². The predicted octanol–water partition coefficient (Wildman–Crippen LogP) is 2.73. The monoisotopic (exact) mass is 234 g/mol. The van der Waals surface area contributed by atoms with E-state index in [-0.39, 0.29) is 17.3 Å². The molecular formula is C14H18O3. The Morgan fingerprint density at radius 1 is 1.12 bits per heavy atom. The molecule has 0 unspecified atom stereocenters. The maximum atomic E-state index is 12.1. The number of rotatable bonds is 3. The number of methoxy groups -OCH3 is 1. The van der Waals surface area contributed by atoms with Crippen molar-refractivity contribution in [2.24, 2.45) is 0 Å². The lowest BCUT2D eigenvalue weighted by Gasteiger charge is -2.18. The molecule has 0 amide bonds. The number of allylic oxidation sites excluding steroid dienone is 5. The minimum atomic E-state index is -0.167. The van der Waals surface area contributed by atoms with Crippen LogP contribution in [0.25, 0.3) is 0 Å². The highest BCUT2D eigenvalue weighted by Crippen LogP contribution is 2.27. The van der Waals surface area contributed by atoms with Crippen LogP contribution in [0.1, 0.15) is 34.1 Å². The van der Waals surface area contributed by atoms with Gasteiger partial charge >= 0.3 is 0 Å². The molecule has 1 rings (SSSR count). The lowest BCUT2D eigenvalue weighted by atomic mass is 9.87. The van der Waals surface area contributed by atoms with E-state index in [0.29, 0.717) is 23.1 Å². The van der Waals surface area contributed by atoms with Gasteiger partial charge in [0.2, 0.25) is 5.78 Å². The van der Waals surface area contributed by atoms with Gasteiger partial charge in [-0.05, 0) is 34.1 Å². The van der Waals surface area contributed by atoms with Crippen LogP contribution in [-0.4, -0.2) is 18.7 Å². The zero-order chi connectivity index (χ0) is 13.2. The van der Waals surface area contributed by atoms with E-state index in [1.165, 1.54) is 7.11 Å². The first-order valence-corrected chi connectivity index (χ1v) is 5.57. The Bertz CT molecular complexity index is 458. The molecule has 0 saturated carbocycles. The van der Waals surface area contributed by atoms with Crippen LogP contribution in [-0.2, 0) is 14.3 Å². The Balaban J connectivity index is 3.18. The van der Waals surface area contributed by atoms with Crippen molar-refractivity contribution in [2.45, 2.75) is 34.1 Å². The molecule has 3 nitrogen and oxygen atoms in total. The predicted molar refractivity (Wildman–Crippen MR) is 66.5 cm³/mol. The van der Waals surface area contributed by atoms with Crippen molar-refractivity contribution in [2.75, 3.05) is 7.11 Å². The average Bonchev–Trinajstić information content (AvgIpc) is 2.26. The van der Waals surface area contributed by atoms with Gasteiger partial charge in [-0.3, -0.25) is 9.59 Å². The molecule has 0 aliphatic heterocycles. The number of hydrogen-bond donors (Lipinski definition) is 0. The first kappa shape index (κ1) is 13.4. The molecule has 0 heterocycles. The van der Waals surface area contributed by atoms with Crippen molar-refractivity contribution < 1.29 is 14.3 Å². The minimum Gasteiger partial charge on any atom is -0.492 e. The largest absolute Gasteiger partial charge is 0.492 e. The first-order valence-electron chi connectivity index (χ1n) is 5.57. The fourth-order valence-electron chi connectivity index (χ4n) is 1.80. The zero-order valence-electron chi connectivity index (χ0n) is 11.0. The Labute approximate surface area is 102 Å². The molecule has 0 fully saturated rings. The molecule has 0 aromatic heterocycles. The van der Waals surface area contributed by atoms with Crippen molar-refractivity contribution in [3.8, 4) is 0 Å². The van der Waals surface area contributed by atoms with Gasteiger partial charge in [0.25, 0.3) is 0 Å². The maximum Gasteiger partial charge on any atom is 0.224 e. The molecule has 1 aliphatic carbocycles. The van der Waals surface area contributed by atoms with Crippen LogP contribution >= 0.6 is 0 Å². The zero-order valence-corrected chi connectivity index (χ0v) is 11.0. The lowest BCUT2D eigenvalue weighted by Crippen LogP contribution is -2.22. The summed E-state index contributed by atoms with van der Waals surface area (Å²) in [6.07, 6.45) is 2.43. The molecule has 0 aromatic carbocycles. The highest BCUT2D eigenvalue weighted by atomic mass is 16.5. The molecule has 0 N–H and O–H groups in total. The molecule has 0 saturated heterocycles. The molecule has 3 heteroatoms. The van der Waals surface area contributed by atoms with E-state index in [0.717, 1.165) is 5.57 Å². The molecule has 0 aromatic rings. The Morgan fingerprint density at radius 3 is 2.18 bits per heavy atom. The maximum absolute atomic E-state index is 12.1. The highest BCUT2D eigenvalue weighted by molar-refractivity contribution is 6.24. The molecule has 0 spiro atoms. The number of Topliss-reactive ketones (excluding diaryl/α,β-unsaturated/α-hetero) is 2. The Kier molecular flexibility index (Phi) is 4.05. The van der Waals surface area contributed by atoms with E-state index in [2.05, 4.69) is 0 Å². The van der Waals surface area contributed by atoms with Gasteiger partial charge in [-0.1, -0.05) is 11.6 Å². The highest BCUT2D eigenvalue weighted by Gasteiger charge is 2.30. The quantitative estimate of drug-likeness (QED) is 0.557. The number of hydrogen-bond acceptors (Lipinski definition) is 3. The van der Waals surface area contributed by atoms with Crippen LogP contribution in [0.4, 0.5) is 0 Å². The molecule has 0 bridgehead atoms. The van der Waals surface area contributed by atoms with E-state index in [9.17, 15) is 9.59 Å². The second-order valence-corrected chi connectivity index (χ2v) is 4.41. The summed E-state index contributed by atoms with van der Waals surface area (Å²) in [5, 5.41) is 0. The van der Waals surface area contributed by atoms with Crippen molar-refractivity contribution in [3.63, 3.8) is 0 Å². The van der Waals surface area contributed by atoms with Crippen LogP contribution < -0.4 is 0 Å². The van der Waals surface area contributed by atoms with Crippen molar-refractivity contribution in [1.29, 1.82) is 0 Å². The Hall–Kier alpha value is -1.64. The number of carbonyl (C=O) groups is 2. The average molecular weight is 234 g/mol. The van der Waals surface area contributed by atoms with E-state index < -0.39 is 0 Å². The van der Waals surface area contributed by atoms with Gasteiger partial charge in [-0.15, -0.1) is 0 Å². The van der Waals surface area contributed by atoms with Crippen LogP contribution in [0.2, 0.25) is 0 Å². The summed E-state index contributed by atoms with van der Waals surface area (Å²) in [4.78, 5) is 24.0. The van der Waals surface area contributed by atoms with Gasteiger partial charge in [0.1, 0.15) is 0 Å². The Morgan fingerprint density at radius 2 is 1.71 bits per heavy atom. The van der Waals surface area contributed by atoms with Gasteiger partial charge in [0, 0.05) is 16.7 Å². The standard InChI is InChI=1S/C14H18O3/c1-8(2)6-7-11-9(3)12(15)10(4)14(17-5)13(11)16/h6H,7H2,1-5H3. The summed E-state index contributed by atoms with van der Waals surface area (Å²) in [6.45, 7) is 7.25. The van der Waals surface area contributed by atoms with Crippen molar-refractivity contribution >= 4 is 11.6 Å². The molecule has 0 radical (unpaired) electrons. The van der Waals surface area contributed by atoms with Gasteiger partial charge in [-0.25, -0.2) is 0 Å². The molecule has 92 valence electrons. The summed E-state index contributed by atoms with van der Waals surface area (Å²) < 4.78 is 5.03. The number of ketones is 2. The van der Waals surface area contributed by atoms with Gasteiger partial charge in [0.15, 0.2) is 11.5 Å². The summed E-state index contributed by atoms with van der Waals surface area (Å²) >= 11 is 0. The van der Waals surface area contributed by atoms with Gasteiger partial charge in [-0.2, -0.15) is 0 Å². The SMILES string of the molecule is COC1=C(C)C(=O)C(C)=C(CC=C(C)C)C1=O. The lowest BCUT2D eigenvalue weighted by molar-refractivity contribution is -0.118. The van der Waals surface area contributed by atoms with Crippen LogP contribution in [0.3, 0.4) is 0 Å². The fourth-order valence-corrected chi connectivity index (χ4v) is 1.80. The van der Waals surface area contributed by atoms with Crippen molar-refractivity contribution in [3.05, 3.63) is 34.1 Å². The van der Waals surface area contributed by atoms with E-state index >= 15 is 0 Å². The number of carbonyl (C=O) groups excluding carboxylic acids is 2. The minimum absolute atomic E-state index is 0.0985. The van der Waals surface area contributed by atoms with Crippen molar-refractivity contribution in [1.82, 2.24) is 0 Å². The fraction of sp³-hybridized carbons (Fsp3) is 0.429. The number of ether oxygens (including phenoxy) is 1. The summed E-state index contributed by atoms with van der Waals surface area (Å²) in [5.41, 5.74) is 2.59. The molecule has 17 heavy (non-hydrogen) atoms. The third kappa shape index (κ3) is 2.54. The summed E-state index contributed by atoms with van der Waals surface area (Å²) in [7, 11) is 1.42. The topological polar surface area (TPSA) is 43.4 Å². The molecule has 0 atom stereocenters.